The third-order valence-electron chi connectivity index (χ3n) is 3.16. The zero-order chi connectivity index (χ0) is 12.7. The second-order valence-corrected chi connectivity index (χ2v) is 4.95. The summed E-state index contributed by atoms with van der Waals surface area (Å²) < 4.78 is 15.9. The highest BCUT2D eigenvalue weighted by atomic mass is 19.1. The van der Waals surface area contributed by atoms with Crippen LogP contribution in [0.15, 0.2) is 24.4 Å². The van der Waals surface area contributed by atoms with E-state index in [-0.39, 0.29) is 5.82 Å². The Bertz CT molecular complexity index is 585. The van der Waals surface area contributed by atoms with Crippen LogP contribution in [0.2, 0.25) is 0 Å². The molecule has 0 spiro atoms. The summed E-state index contributed by atoms with van der Waals surface area (Å²) in [6.07, 6.45) is 4.38. The van der Waals surface area contributed by atoms with E-state index in [2.05, 4.69) is 14.9 Å². The second-order valence-electron chi connectivity index (χ2n) is 4.95. The van der Waals surface area contributed by atoms with Gasteiger partial charge in [-0.2, -0.15) is 0 Å². The number of nitrogens with zero attached hydrogens (tertiary/aromatic N) is 2. The molecule has 4 heteroatoms. The number of hydrogen-bond donors (Lipinski definition) is 1. The molecule has 1 aromatic carbocycles. The molecule has 2 aromatic rings. The Labute approximate surface area is 106 Å². The van der Waals surface area contributed by atoms with E-state index in [0.29, 0.717) is 11.7 Å². The third kappa shape index (κ3) is 2.10. The number of aryl methyl sites for hydroxylation is 2. The molecule has 0 radical (unpaired) electrons. The van der Waals surface area contributed by atoms with Crippen LogP contribution >= 0.6 is 0 Å². The van der Waals surface area contributed by atoms with Crippen LogP contribution in [0.3, 0.4) is 0 Å². The van der Waals surface area contributed by atoms with Crippen molar-refractivity contribution in [1.82, 2.24) is 9.55 Å². The van der Waals surface area contributed by atoms with Crippen molar-refractivity contribution in [2.24, 2.45) is 0 Å². The Hall–Kier alpha value is -1.84. The van der Waals surface area contributed by atoms with Gasteiger partial charge in [0.05, 0.1) is 11.4 Å². The first kappa shape index (κ1) is 11.3. The SMILES string of the molecule is Cc1ccc(Nc2nc(C)cn2C2CC2)c(F)c1. The summed E-state index contributed by atoms with van der Waals surface area (Å²) in [5.74, 6) is 0.496. The van der Waals surface area contributed by atoms with Crippen molar-refractivity contribution in [3.05, 3.63) is 41.5 Å². The second kappa shape index (κ2) is 4.12. The van der Waals surface area contributed by atoms with Crippen molar-refractivity contribution in [3.8, 4) is 0 Å². The van der Waals surface area contributed by atoms with Crippen molar-refractivity contribution in [2.75, 3.05) is 5.32 Å². The lowest BCUT2D eigenvalue weighted by atomic mass is 10.2. The quantitative estimate of drug-likeness (QED) is 0.893. The van der Waals surface area contributed by atoms with Gasteiger partial charge in [0.1, 0.15) is 5.82 Å². The van der Waals surface area contributed by atoms with Crippen molar-refractivity contribution in [3.63, 3.8) is 0 Å². The predicted octanol–water partition coefficient (Wildman–Crippen LogP) is 3.72. The Kier molecular flexibility index (Phi) is 2.58. The standard InChI is InChI=1S/C14H16FN3/c1-9-3-6-13(12(15)7-9)17-14-16-10(2)8-18(14)11-4-5-11/h3,6-8,11H,4-5H2,1-2H3,(H,16,17). The number of rotatable bonds is 3. The van der Waals surface area contributed by atoms with Crippen LogP contribution in [0.25, 0.3) is 0 Å². The van der Waals surface area contributed by atoms with Crippen LogP contribution in [0.1, 0.15) is 30.1 Å². The maximum atomic E-state index is 13.8. The number of nitrogens with one attached hydrogen (secondary N) is 1. The number of hydrogen-bond acceptors (Lipinski definition) is 2. The highest BCUT2D eigenvalue weighted by Crippen LogP contribution is 2.38. The molecule has 3 rings (SSSR count). The van der Waals surface area contributed by atoms with E-state index in [1.807, 2.05) is 26.1 Å². The van der Waals surface area contributed by atoms with Gasteiger partial charge in [-0.15, -0.1) is 0 Å². The number of halogens is 1. The van der Waals surface area contributed by atoms with Crippen LogP contribution in [0.4, 0.5) is 16.0 Å². The fraction of sp³-hybridized carbons (Fsp3) is 0.357. The summed E-state index contributed by atoms with van der Waals surface area (Å²) in [6, 6.07) is 5.70. The van der Waals surface area contributed by atoms with E-state index >= 15 is 0 Å². The van der Waals surface area contributed by atoms with Gasteiger partial charge in [-0.25, -0.2) is 9.37 Å². The molecule has 0 atom stereocenters. The number of benzene rings is 1. The zero-order valence-corrected chi connectivity index (χ0v) is 10.6. The molecule has 0 unspecified atom stereocenters. The zero-order valence-electron chi connectivity index (χ0n) is 10.6. The molecule has 0 saturated heterocycles. The fourth-order valence-electron chi connectivity index (χ4n) is 2.08. The molecular weight excluding hydrogens is 229 g/mol. The van der Waals surface area contributed by atoms with Crippen molar-refractivity contribution in [2.45, 2.75) is 32.7 Å². The molecule has 94 valence electrons. The van der Waals surface area contributed by atoms with E-state index in [1.165, 1.54) is 18.9 Å². The van der Waals surface area contributed by atoms with Gasteiger partial charge in [-0.3, -0.25) is 0 Å². The average molecular weight is 245 g/mol. The number of aromatic nitrogens is 2. The Morgan fingerprint density at radius 3 is 2.78 bits per heavy atom. The Balaban J connectivity index is 1.91. The molecule has 1 aromatic heterocycles. The number of anilines is 2. The smallest absolute Gasteiger partial charge is 0.207 e. The molecular formula is C14H16FN3. The molecule has 0 amide bonds. The lowest BCUT2D eigenvalue weighted by Crippen LogP contribution is -2.02. The van der Waals surface area contributed by atoms with Gasteiger partial charge >= 0.3 is 0 Å². The first-order chi connectivity index (χ1) is 8.63. The fourth-order valence-corrected chi connectivity index (χ4v) is 2.08. The van der Waals surface area contributed by atoms with Crippen LogP contribution < -0.4 is 5.32 Å². The van der Waals surface area contributed by atoms with Crippen molar-refractivity contribution in [1.29, 1.82) is 0 Å². The van der Waals surface area contributed by atoms with Crippen LogP contribution in [0, 0.1) is 19.7 Å². The summed E-state index contributed by atoms with van der Waals surface area (Å²) >= 11 is 0. The minimum absolute atomic E-state index is 0.238. The van der Waals surface area contributed by atoms with E-state index in [1.54, 1.807) is 6.07 Å². The summed E-state index contributed by atoms with van der Waals surface area (Å²) in [7, 11) is 0. The summed E-state index contributed by atoms with van der Waals surface area (Å²) in [4.78, 5) is 4.42. The summed E-state index contributed by atoms with van der Waals surface area (Å²) in [6.45, 7) is 3.83. The average Bonchev–Trinajstić information content (AvgIpc) is 3.08. The van der Waals surface area contributed by atoms with E-state index in [4.69, 9.17) is 0 Å². The first-order valence-electron chi connectivity index (χ1n) is 6.22. The molecule has 3 nitrogen and oxygen atoms in total. The minimum atomic E-state index is -0.238. The molecule has 1 aliphatic carbocycles. The molecule has 0 bridgehead atoms. The van der Waals surface area contributed by atoms with Crippen molar-refractivity contribution >= 4 is 11.6 Å². The van der Waals surface area contributed by atoms with Crippen LogP contribution in [-0.4, -0.2) is 9.55 Å². The van der Waals surface area contributed by atoms with Crippen molar-refractivity contribution < 1.29 is 4.39 Å². The summed E-state index contributed by atoms with van der Waals surface area (Å²) in [5.41, 5.74) is 2.35. The molecule has 1 saturated carbocycles. The lowest BCUT2D eigenvalue weighted by Gasteiger charge is -2.09. The molecule has 0 aliphatic heterocycles. The highest BCUT2D eigenvalue weighted by molar-refractivity contribution is 5.55. The first-order valence-corrected chi connectivity index (χ1v) is 6.22. The van der Waals surface area contributed by atoms with Gasteiger partial charge in [-0.05, 0) is 44.4 Å². The highest BCUT2D eigenvalue weighted by Gasteiger charge is 2.26. The summed E-state index contributed by atoms with van der Waals surface area (Å²) in [5, 5.41) is 3.09. The molecule has 1 heterocycles. The van der Waals surface area contributed by atoms with Gasteiger partial charge in [0.25, 0.3) is 0 Å². The van der Waals surface area contributed by atoms with Gasteiger partial charge in [0, 0.05) is 12.2 Å². The predicted molar refractivity (Wildman–Crippen MR) is 69.7 cm³/mol. The molecule has 1 aliphatic rings. The number of imidazole rings is 1. The Morgan fingerprint density at radius 2 is 2.11 bits per heavy atom. The monoisotopic (exact) mass is 245 g/mol. The van der Waals surface area contributed by atoms with E-state index in [0.717, 1.165) is 17.2 Å². The largest absolute Gasteiger partial charge is 0.323 e. The van der Waals surface area contributed by atoms with Crippen LogP contribution in [0.5, 0.6) is 0 Å². The van der Waals surface area contributed by atoms with Gasteiger partial charge in [0.15, 0.2) is 0 Å². The molecule has 1 N–H and O–H groups in total. The van der Waals surface area contributed by atoms with Gasteiger partial charge in [0.2, 0.25) is 5.95 Å². The van der Waals surface area contributed by atoms with E-state index in [9.17, 15) is 4.39 Å². The van der Waals surface area contributed by atoms with E-state index < -0.39 is 0 Å². The molecule has 1 fully saturated rings. The normalized spacial score (nSPS) is 14.8. The third-order valence-corrected chi connectivity index (χ3v) is 3.16. The van der Waals surface area contributed by atoms with Gasteiger partial charge in [-0.1, -0.05) is 6.07 Å². The lowest BCUT2D eigenvalue weighted by molar-refractivity contribution is 0.629. The van der Waals surface area contributed by atoms with Crippen LogP contribution in [-0.2, 0) is 0 Å². The molecule has 18 heavy (non-hydrogen) atoms. The maximum absolute atomic E-state index is 13.8. The maximum Gasteiger partial charge on any atom is 0.207 e. The topological polar surface area (TPSA) is 29.9 Å². The van der Waals surface area contributed by atoms with Gasteiger partial charge < -0.3 is 9.88 Å². The Morgan fingerprint density at radius 1 is 1.33 bits per heavy atom. The minimum Gasteiger partial charge on any atom is -0.323 e.